The van der Waals surface area contributed by atoms with Crippen LogP contribution in [0.4, 0.5) is 0 Å². The number of hydrazine groups is 1. The Bertz CT molecular complexity index is 618. The summed E-state index contributed by atoms with van der Waals surface area (Å²) in [6.45, 7) is 0.676. The number of rotatable bonds is 4. The van der Waals surface area contributed by atoms with Crippen molar-refractivity contribution in [2.75, 3.05) is 13.7 Å². The van der Waals surface area contributed by atoms with Crippen LogP contribution in [0.3, 0.4) is 0 Å². The van der Waals surface area contributed by atoms with Crippen molar-refractivity contribution in [2.45, 2.75) is 18.4 Å². The van der Waals surface area contributed by atoms with Gasteiger partial charge in [0.15, 0.2) is 0 Å². The van der Waals surface area contributed by atoms with Gasteiger partial charge in [-0.25, -0.2) is 0 Å². The van der Waals surface area contributed by atoms with Crippen molar-refractivity contribution in [3.63, 3.8) is 0 Å². The number of hydrogen-bond acceptors (Lipinski definition) is 5. The molecule has 0 fully saturated rings. The smallest absolute Gasteiger partial charge is 0.142 e. The number of benzene rings is 1. The van der Waals surface area contributed by atoms with E-state index in [4.69, 9.17) is 15.3 Å². The van der Waals surface area contributed by atoms with Gasteiger partial charge in [0.05, 0.1) is 19.8 Å². The molecule has 2 heterocycles. The minimum absolute atomic E-state index is 0.119. The molecule has 1 aromatic carbocycles. The number of para-hydroxylation sites is 1. The summed E-state index contributed by atoms with van der Waals surface area (Å²) in [5.74, 6) is 7.69. The topological polar surface area (TPSA) is 69.4 Å². The number of nitrogens with one attached hydrogen (secondary N) is 1. The van der Waals surface area contributed by atoms with Crippen molar-refractivity contribution in [2.24, 2.45) is 5.84 Å². The van der Waals surface area contributed by atoms with Gasteiger partial charge in [0.2, 0.25) is 0 Å². The lowest BCUT2D eigenvalue weighted by Crippen LogP contribution is -2.35. The zero-order chi connectivity index (χ0) is 14.7. The predicted molar refractivity (Wildman–Crippen MR) is 80.1 cm³/mol. The second-order valence-electron chi connectivity index (χ2n) is 5.02. The highest BCUT2D eigenvalue weighted by atomic mass is 16.5. The van der Waals surface area contributed by atoms with E-state index in [1.807, 2.05) is 30.3 Å². The third-order valence-corrected chi connectivity index (χ3v) is 3.90. The Labute approximate surface area is 124 Å². The van der Waals surface area contributed by atoms with Crippen molar-refractivity contribution in [3.8, 4) is 11.5 Å². The Hall–Kier alpha value is -2.11. The first-order valence-corrected chi connectivity index (χ1v) is 7.02. The third-order valence-electron chi connectivity index (χ3n) is 3.90. The summed E-state index contributed by atoms with van der Waals surface area (Å²) in [4.78, 5) is 4.46. The van der Waals surface area contributed by atoms with Gasteiger partial charge in [-0.3, -0.25) is 16.3 Å². The highest BCUT2D eigenvalue weighted by Gasteiger charge is 2.31. The van der Waals surface area contributed by atoms with Crippen LogP contribution in [-0.2, 0) is 0 Å². The van der Waals surface area contributed by atoms with Gasteiger partial charge in [0.25, 0.3) is 0 Å². The maximum atomic E-state index is 5.83. The van der Waals surface area contributed by atoms with Crippen LogP contribution in [0.25, 0.3) is 0 Å². The minimum atomic E-state index is -0.119. The zero-order valence-electron chi connectivity index (χ0n) is 12.0. The van der Waals surface area contributed by atoms with Gasteiger partial charge >= 0.3 is 0 Å². The quantitative estimate of drug-likeness (QED) is 0.665. The molecule has 0 bridgehead atoms. The predicted octanol–water partition coefficient (Wildman–Crippen LogP) is 2.16. The van der Waals surface area contributed by atoms with Crippen LogP contribution >= 0.6 is 0 Å². The Kier molecular flexibility index (Phi) is 4.03. The number of methoxy groups -OCH3 is 1. The van der Waals surface area contributed by atoms with Crippen LogP contribution < -0.4 is 20.7 Å². The average molecular weight is 285 g/mol. The van der Waals surface area contributed by atoms with E-state index in [1.54, 1.807) is 13.3 Å². The zero-order valence-corrected chi connectivity index (χ0v) is 12.0. The standard InChI is InChI=1S/C16H19N3O2/c1-20-14-7-4-9-18-16(14)15(19-17)12-8-10-21-13-6-3-2-5-11(12)13/h2-7,9,12,15,19H,8,10,17H2,1H3. The first kappa shape index (κ1) is 13.9. The molecular formula is C16H19N3O2. The molecule has 1 aliphatic rings. The Morgan fingerprint density at radius 1 is 1.33 bits per heavy atom. The summed E-state index contributed by atoms with van der Waals surface area (Å²) in [5.41, 5.74) is 4.88. The highest BCUT2D eigenvalue weighted by Crippen LogP contribution is 2.42. The largest absolute Gasteiger partial charge is 0.495 e. The molecule has 110 valence electrons. The fourth-order valence-electron chi connectivity index (χ4n) is 2.91. The fourth-order valence-corrected chi connectivity index (χ4v) is 2.91. The SMILES string of the molecule is COc1cccnc1C(NN)C1CCOc2ccccc21. The van der Waals surface area contributed by atoms with Gasteiger partial charge in [-0.15, -0.1) is 0 Å². The molecule has 1 aromatic heterocycles. The van der Waals surface area contributed by atoms with Crippen molar-refractivity contribution < 1.29 is 9.47 Å². The van der Waals surface area contributed by atoms with Crippen LogP contribution in [0, 0.1) is 0 Å². The van der Waals surface area contributed by atoms with E-state index in [1.165, 1.54) is 0 Å². The number of aromatic nitrogens is 1. The van der Waals surface area contributed by atoms with Crippen LogP contribution in [0.15, 0.2) is 42.6 Å². The van der Waals surface area contributed by atoms with E-state index >= 15 is 0 Å². The lowest BCUT2D eigenvalue weighted by molar-refractivity contribution is 0.243. The molecule has 0 aliphatic carbocycles. The molecule has 0 saturated carbocycles. The fraction of sp³-hybridized carbons (Fsp3) is 0.312. The molecule has 0 saturated heterocycles. The van der Waals surface area contributed by atoms with Gasteiger partial charge in [0.1, 0.15) is 17.2 Å². The summed E-state index contributed by atoms with van der Waals surface area (Å²) in [6.07, 6.45) is 2.64. The van der Waals surface area contributed by atoms with Crippen molar-refractivity contribution in [1.29, 1.82) is 0 Å². The monoisotopic (exact) mass is 285 g/mol. The van der Waals surface area contributed by atoms with Crippen LogP contribution in [0.5, 0.6) is 11.5 Å². The van der Waals surface area contributed by atoms with E-state index in [0.29, 0.717) is 6.61 Å². The lowest BCUT2D eigenvalue weighted by atomic mass is 9.85. The second-order valence-corrected chi connectivity index (χ2v) is 5.02. The maximum Gasteiger partial charge on any atom is 0.142 e. The van der Waals surface area contributed by atoms with Gasteiger partial charge < -0.3 is 9.47 Å². The summed E-state index contributed by atoms with van der Waals surface area (Å²) in [7, 11) is 1.64. The third kappa shape index (κ3) is 2.57. The lowest BCUT2D eigenvalue weighted by Gasteiger charge is -2.32. The minimum Gasteiger partial charge on any atom is -0.495 e. The highest BCUT2D eigenvalue weighted by molar-refractivity contribution is 5.41. The molecule has 3 rings (SSSR count). The Morgan fingerprint density at radius 2 is 2.19 bits per heavy atom. The van der Waals surface area contributed by atoms with Crippen LogP contribution in [-0.4, -0.2) is 18.7 Å². The van der Waals surface area contributed by atoms with E-state index in [0.717, 1.165) is 29.2 Å². The maximum absolute atomic E-state index is 5.83. The van der Waals surface area contributed by atoms with Crippen molar-refractivity contribution >= 4 is 0 Å². The molecule has 3 N–H and O–H groups in total. The van der Waals surface area contributed by atoms with E-state index < -0.39 is 0 Å². The number of ether oxygens (including phenoxy) is 2. The van der Waals surface area contributed by atoms with Gasteiger partial charge in [-0.1, -0.05) is 18.2 Å². The van der Waals surface area contributed by atoms with Crippen molar-refractivity contribution in [1.82, 2.24) is 10.4 Å². The summed E-state index contributed by atoms with van der Waals surface area (Å²) < 4.78 is 11.1. The molecule has 5 heteroatoms. The summed E-state index contributed by atoms with van der Waals surface area (Å²) >= 11 is 0. The number of hydrogen-bond donors (Lipinski definition) is 2. The molecule has 2 unspecified atom stereocenters. The molecule has 2 atom stereocenters. The average Bonchev–Trinajstić information content (AvgIpc) is 2.56. The first-order valence-electron chi connectivity index (χ1n) is 7.02. The molecule has 0 spiro atoms. The van der Waals surface area contributed by atoms with Crippen molar-refractivity contribution in [3.05, 3.63) is 53.9 Å². The van der Waals surface area contributed by atoms with E-state index in [2.05, 4.69) is 16.5 Å². The van der Waals surface area contributed by atoms with Crippen LogP contribution in [0.2, 0.25) is 0 Å². The molecule has 2 aromatic rings. The van der Waals surface area contributed by atoms with Crippen LogP contribution in [0.1, 0.15) is 29.6 Å². The van der Waals surface area contributed by atoms with Gasteiger partial charge in [0, 0.05) is 12.1 Å². The van der Waals surface area contributed by atoms with E-state index in [9.17, 15) is 0 Å². The first-order chi connectivity index (χ1) is 10.3. The van der Waals surface area contributed by atoms with Gasteiger partial charge in [-0.05, 0) is 30.2 Å². The Balaban J connectivity index is 2.01. The van der Waals surface area contributed by atoms with Gasteiger partial charge in [-0.2, -0.15) is 0 Å². The number of nitrogens with zero attached hydrogens (tertiary/aromatic N) is 1. The molecule has 21 heavy (non-hydrogen) atoms. The summed E-state index contributed by atoms with van der Waals surface area (Å²) in [6, 6.07) is 11.7. The summed E-state index contributed by atoms with van der Waals surface area (Å²) in [5, 5.41) is 0. The molecular weight excluding hydrogens is 266 g/mol. The molecule has 0 radical (unpaired) electrons. The molecule has 5 nitrogen and oxygen atoms in total. The number of fused-ring (bicyclic) bond motifs is 1. The van der Waals surface area contributed by atoms with E-state index in [-0.39, 0.29) is 12.0 Å². The molecule has 0 amide bonds. The molecule has 1 aliphatic heterocycles. The normalized spacial score (nSPS) is 18.5. The number of pyridine rings is 1. The Morgan fingerprint density at radius 3 is 3.00 bits per heavy atom. The second kappa shape index (κ2) is 6.11. The number of nitrogens with two attached hydrogens (primary N) is 1.